The average molecular weight is 370 g/mol. The second-order valence-corrected chi connectivity index (χ2v) is 7.69. The fraction of sp³-hybridized carbons (Fsp3) is 0.269. The second kappa shape index (κ2) is 8.02. The zero-order chi connectivity index (χ0) is 19.4. The van der Waals surface area contributed by atoms with Crippen molar-refractivity contribution in [1.82, 2.24) is 4.90 Å². The highest BCUT2D eigenvalue weighted by Gasteiger charge is 2.47. The van der Waals surface area contributed by atoms with Gasteiger partial charge in [-0.05, 0) is 42.9 Å². The predicted octanol–water partition coefficient (Wildman–Crippen LogP) is 5.42. The third-order valence-electron chi connectivity index (χ3n) is 6.01. The third-order valence-corrected chi connectivity index (χ3v) is 6.01. The van der Waals surface area contributed by atoms with E-state index in [9.17, 15) is 4.79 Å². The van der Waals surface area contributed by atoms with E-state index in [1.807, 2.05) is 54.6 Å². The Morgan fingerprint density at radius 3 is 1.57 bits per heavy atom. The molecule has 0 saturated carbocycles. The Labute approximate surface area is 167 Å². The van der Waals surface area contributed by atoms with Crippen LogP contribution in [0.1, 0.15) is 42.9 Å². The van der Waals surface area contributed by atoms with Crippen molar-refractivity contribution >= 4 is 5.91 Å². The summed E-state index contributed by atoms with van der Waals surface area (Å²) in [6.07, 6.45) is 3.34. The first-order valence-electron chi connectivity index (χ1n) is 10.2. The highest BCUT2D eigenvalue weighted by molar-refractivity contribution is 5.96. The zero-order valence-electron chi connectivity index (χ0n) is 16.4. The molecule has 1 aliphatic rings. The van der Waals surface area contributed by atoms with Crippen LogP contribution in [0.25, 0.3) is 0 Å². The fourth-order valence-electron chi connectivity index (χ4n) is 4.55. The predicted molar refractivity (Wildman–Crippen MR) is 114 cm³/mol. The highest BCUT2D eigenvalue weighted by atomic mass is 16.2. The number of hydrogen-bond acceptors (Lipinski definition) is 1. The summed E-state index contributed by atoms with van der Waals surface area (Å²) >= 11 is 0. The molecule has 3 aromatic rings. The standard InChI is InChI=1S/C26H27NO/c1-21-13-11-12-20-27(21)25(28)26(22-14-5-2-6-15-22,23-16-7-3-8-17-23)24-18-9-4-10-19-24/h2-10,14-19,21H,11-13,20H2,1H3/t21-/m1/s1. The molecular weight excluding hydrogens is 342 g/mol. The monoisotopic (exact) mass is 369 g/mol. The summed E-state index contributed by atoms with van der Waals surface area (Å²) in [6.45, 7) is 3.01. The number of carbonyl (C=O) groups is 1. The summed E-state index contributed by atoms with van der Waals surface area (Å²) in [5.41, 5.74) is 2.23. The van der Waals surface area contributed by atoms with Crippen molar-refractivity contribution in [2.75, 3.05) is 6.54 Å². The van der Waals surface area contributed by atoms with Crippen LogP contribution in [-0.2, 0) is 10.2 Å². The maximum Gasteiger partial charge on any atom is 0.242 e. The molecule has 2 nitrogen and oxygen atoms in total. The van der Waals surface area contributed by atoms with Gasteiger partial charge in [0.1, 0.15) is 5.41 Å². The van der Waals surface area contributed by atoms with Crippen molar-refractivity contribution in [1.29, 1.82) is 0 Å². The molecule has 0 N–H and O–H groups in total. The quantitative estimate of drug-likeness (QED) is 0.562. The maximum absolute atomic E-state index is 14.4. The van der Waals surface area contributed by atoms with E-state index < -0.39 is 5.41 Å². The Kier molecular flexibility index (Phi) is 5.29. The van der Waals surface area contributed by atoms with Gasteiger partial charge in [0, 0.05) is 12.6 Å². The van der Waals surface area contributed by atoms with E-state index in [1.165, 1.54) is 6.42 Å². The van der Waals surface area contributed by atoms with Gasteiger partial charge in [-0.25, -0.2) is 0 Å². The average Bonchev–Trinajstić information content (AvgIpc) is 2.77. The lowest BCUT2D eigenvalue weighted by molar-refractivity contribution is -0.137. The maximum atomic E-state index is 14.4. The zero-order valence-corrected chi connectivity index (χ0v) is 16.4. The van der Waals surface area contributed by atoms with Crippen molar-refractivity contribution in [3.8, 4) is 0 Å². The summed E-state index contributed by atoms with van der Waals surface area (Å²) in [4.78, 5) is 16.5. The minimum absolute atomic E-state index is 0.184. The molecule has 28 heavy (non-hydrogen) atoms. The van der Waals surface area contributed by atoms with Crippen molar-refractivity contribution in [2.45, 2.75) is 37.6 Å². The van der Waals surface area contributed by atoms with Crippen molar-refractivity contribution in [3.63, 3.8) is 0 Å². The van der Waals surface area contributed by atoms with Crippen LogP contribution in [0.4, 0.5) is 0 Å². The summed E-state index contributed by atoms with van der Waals surface area (Å²) < 4.78 is 0. The Morgan fingerprint density at radius 2 is 1.18 bits per heavy atom. The van der Waals surface area contributed by atoms with Gasteiger partial charge in [0.05, 0.1) is 0 Å². The molecule has 0 aliphatic carbocycles. The summed E-state index contributed by atoms with van der Waals surface area (Å²) in [7, 11) is 0. The van der Waals surface area contributed by atoms with Crippen LogP contribution in [0.3, 0.4) is 0 Å². The van der Waals surface area contributed by atoms with E-state index in [2.05, 4.69) is 48.2 Å². The number of nitrogens with zero attached hydrogens (tertiary/aromatic N) is 1. The van der Waals surface area contributed by atoms with Gasteiger partial charge in [-0.1, -0.05) is 91.0 Å². The largest absolute Gasteiger partial charge is 0.339 e. The van der Waals surface area contributed by atoms with Crippen LogP contribution in [0.15, 0.2) is 91.0 Å². The molecule has 0 unspecified atom stereocenters. The molecule has 1 amide bonds. The van der Waals surface area contributed by atoms with Crippen LogP contribution < -0.4 is 0 Å². The lowest BCUT2D eigenvalue weighted by Crippen LogP contribution is -2.53. The van der Waals surface area contributed by atoms with Crippen molar-refractivity contribution in [2.24, 2.45) is 0 Å². The minimum Gasteiger partial charge on any atom is -0.339 e. The van der Waals surface area contributed by atoms with Crippen molar-refractivity contribution in [3.05, 3.63) is 108 Å². The first-order valence-corrected chi connectivity index (χ1v) is 10.2. The van der Waals surface area contributed by atoms with Gasteiger partial charge in [-0.3, -0.25) is 4.79 Å². The second-order valence-electron chi connectivity index (χ2n) is 7.69. The number of piperidine rings is 1. The van der Waals surface area contributed by atoms with Gasteiger partial charge >= 0.3 is 0 Å². The lowest BCUT2D eigenvalue weighted by atomic mass is 9.68. The smallest absolute Gasteiger partial charge is 0.242 e. The Bertz CT molecular complexity index is 808. The van der Waals surface area contributed by atoms with Crippen molar-refractivity contribution < 1.29 is 4.79 Å². The van der Waals surface area contributed by atoms with E-state index in [1.54, 1.807) is 0 Å². The van der Waals surface area contributed by atoms with Crippen LogP contribution in [0, 0.1) is 0 Å². The minimum atomic E-state index is -0.838. The molecule has 142 valence electrons. The molecule has 4 rings (SSSR count). The van der Waals surface area contributed by atoms with E-state index in [-0.39, 0.29) is 11.9 Å². The molecule has 1 atom stereocenters. The molecule has 1 heterocycles. The van der Waals surface area contributed by atoms with Gasteiger partial charge in [0.15, 0.2) is 0 Å². The third kappa shape index (κ3) is 3.13. The molecule has 0 aromatic heterocycles. The van der Waals surface area contributed by atoms with Gasteiger partial charge in [0.2, 0.25) is 5.91 Å². The summed E-state index contributed by atoms with van der Waals surface area (Å²) in [5, 5.41) is 0. The lowest BCUT2D eigenvalue weighted by Gasteiger charge is -2.43. The van der Waals surface area contributed by atoms with E-state index in [0.717, 1.165) is 36.1 Å². The number of likely N-dealkylation sites (tertiary alicyclic amines) is 1. The highest BCUT2D eigenvalue weighted by Crippen LogP contribution is 2.42. The van der Waals surface area contributed by atoms with Gasteiger partial charge in [0.25, 0.3) is 0 Å². The summed E-state index contributed by atoms with van der Waals surface area (Å²) in [5.74, 6) is 0.184. The van der Waals surface area contributed by atoms with Gasteiger partial charge in [-0.15, -0.1) is 0 Å². The van der Waals surface area contributed by atoms with Gasteiger partial charge < -0.3 is 4.90 Å². The van der Waals surface area contributed by atoms with Crippen LogP contribution in [0.2, 0.25) is 0 Å². The molecule has 2 heteroatoms. The molecule has 0 radical (unpaired) electrons. The van der Waals surface area contributed by atoms with Crippen LogP contribution >= 0.6 is 0 Å². The van der Waals surface area contributed by atoms with E-state index >= 15 is 0 Å². The van der Waals surface area contributed by atoms with Gasteiger partial charge in [-0.2, -0.15) is 0 Å². The number of rotatable bonds is 4. The first kappa shape index (κ1) is 18.5. The number of hydrogen-bond donors (Lipinski definition) is 0. The normalized spacial score (nSPS) is 17.3. The number of carbonyl (C=O) groups excluding carboxylic acids is 1. The molecule has 1 fully saturated rings. The SMILES string of the molecule is C[C@@H]1CCCCN1C(=O)C(c1ccccc1)(c1ccccc1)c1ccccc1. The fourth-order valence-corrected chi connectivity index (χ4v) is 4.55. The number of amides is 1. The van der Waals surface area contributed by atoms with Crippen LogP contribution in [-0.4, -0.2) is 23.4 Å². The number of benzene rings is 3. The molecule has 0 spiro atoms. The molecule has 1 saturated heterocycles. The Balaban J connectivity index is 2.00. The Hall–Kier alpha value is -2.87. The first-order chi connectivity index (χ1) is 13.7. The van der Waals surface area contributed by atoms with Crippen LogP contribution in [0.5, 0.6) is 0 Å². The molecule has 3 aromatic carbocycles. The topological polar surface area (TPSA) is 20.3 Å². The van der Waals surface area contributed by atoms with E-state index in [0.29, 0.717) is 0 Å². The molecular formula is C26H27NO. The Morgan fingerprint density at radius 1 is 0.750 bits per heavy atom. The molecule has 0 bridgehead atoms. The van der Waals surface area contributed by atoms with E-state index in [4.69, 9.17) is 0 Å². The summed E-state index contributed by atoms with van der Waals surface area (Å²) in [6, 6.07) is 31.0. The molecule has 1 aliphatic heterocycles.